The molecule has 0 spiro atoms. The molecule has 2 aromatic carbocycles. The number of hydrogen-bond donors (Lipinski definition) is 1. The first-order valence-corrected chi connectivity index (χ1v) is 8.88. The summed E-state index contributed by atoms with van der Waals surface area (Å²) in [6.07, 6.45) is -4.38. The Balaban J connectivity index is 2.05. The van der Waals surface area contributed by atoms with Gasteiger partial charge >= 0.3 is 6.18 Å². The van der Waals surface area contributed by atoms with Crippen molar-refractivity contribution in [2.24, 2.45) is 0 Å². The van der Waals surface area contributed by atoms with Crippen LogP contribution in [0.4, 0.5) is 19.0 Å². The molecule has 1 N–H and O–H groups in total. The van der Waals surface area contributed by atoms with Gasteiger partial charge in [-0.2, -0.15) is 13.2 Å². The van der Waals surface area contributed by atoms with Gasteiger partial charge in [-0.05, 0) is 56.5 Å². The zero-order valence-electron chi connectivity index (χ0n) is 16.4. The van der Waals surface area contributed by atoms with Crippen molar-refractivity contribution in [2.75, 3.05) is 12.4 Å². The lowest BCUT2D eigenvalue weighted by molar-refractivity contribution is -0.138. The number of nitrogens with one attached hydrogen (secondary N) is 1. The van der Waals surface area contributed by atoms with Crippen LogP contribution in [0.5, 0.6) is 5.75 Å². The maximum atomic E-state index is 13.2. The molecular weight excluding hydrogens is 367 g/mol. The van der Waals surface area contributed by atoms with Gasteiger partial charge in [0.25, 0.3) is 0 Å². The monoisotopic (exact) mass is 389 g/mol. The van der Waals surface area contributed by atoms with Gasteiger partial charge in [0.05, 0.1) is 24.2 Å². The summed E-state index contributed by atoms with van der Waals surface area (Å²) in [6, 6.07) is 7.62. The van der Waals surface area contributed by atoms with Crippen molar-refractivity contribution >= 4 is 16.7 Å². The van der Waals surface area contributed by atoms with Gasteiger partial charge < -0.3 is 10.1 Å². The average molecular weight is 389 g/mol. The van der Waals surface area contributed by atoms with Crippen molar-refractivity contribution in [1.82, 2.24) is 9.97 Å². The molecule has 1 heterocycles. The number of anilines is 1. The van der Waals surface area contributed by atoms with Crippen molar-refractivity contribution in [1.29, 1.82) is 0 Å². The molecule has 0 saturated carbocycles. The predicted molar refractivity (Wildman–Crippen MR) is 104 cm³/mol. The number of benzene rings is 2. The molecular formula is C21H22F3N3O. The van der Waals surface area contributed by atoms with Crippen molar-refractivity contribution in [3.8, 4) is 5.75 Å². The maximum absolute atomic E-state index is 13.2. The normalized spacial score (nSPS) is 12.9. The Morgan fingerprint density at radius 2 is 1.79 bits per heavy atom. The summed E-state index contributed by atoms with van der Waals surface area (Å²) < 4.78 is 45.1. The Morgan fingerprint density at radius 3 is 2.43 bits per heavy atom. The maximum Gasteiger partial charge on any atom is 0.416 e. The minimum absolute atomic E-state index is 0.211. The second-order valence-corrected chi connectivity index (χ2v) is 6.84. The standard InChI is InChI=1S/C21H22F3N3O/c1-11-9-16-18(10-19(11)28-5)26-14(4)27-20(16)25-13(3)15-7-6-8-17(12(15)2)21(22,23)24/h6-10,13H,1-5H3,(H,25,26,27)/t13-/m1/s1. The summed E-state index contributed by atoms with van der Waals surface area (Å²) in [5, 5.41) is 4.06. The molecule has 0 fully saturated rings. The van der Waals surface area contributed by atoms with Gasteiger partial charge in [0.1, 0.15) is 17.4 Å². The van der Waals surface area contributed by atoms with E-state index in [1.54, 1.807) is 20.1 Å². The number of methoxy groups -OCH3 is 1. The van der Waals surface area contributed by atoms with Crippen molar-refractivity contribution in [2.45, 2.75) is 39.9 Å². The van der Waals surface area contributed by atoms with Crippen molar-refractivity contribution in [3.05, 3.63) is 58.4 Å². The van der Waals surface area contributed by atoms with Gasteiger partial charge in [-0.15, -0.1) is 0 Å². The number of rotatable bonds is 4. The minimum Gasteiger partial charge on any atom is -0.496 e. The topological polar surface area (TPSA) is 47.0 Å². The van der Waals surface area contributed by atoms with Gasteiger partial charge in [0.15, 0.2) is 0 Å². The molecule has 7 heteroatoms. The number of alkyl halides is 3. The Bertz CT molecular complexity index is 1030. The number of ether oxygens (including phenoxy) is 1. The lowest BCUT2D eigenvalue weighted by Gasteiger charge is -2.21. The van der Waals surface area contributed by atoms with E-state index in [0.29, 0.717) is 22.7 Å². The van der Waals surface area contributed by atoms with E-state index in [9.17, 15) is 13.2 Å². The first-order chi connectivity index (χ1) is 13.1. The molecule has 0 aliphatic rings. The molecule has 0 radical (unpaired) electrons. The van der Waals surface area contributed by atoms with Crippen LogP contribution in [0.1, 0.15) is 41.0 Å². The van der Waals surface area contributed by atoms with E-state index in [1.165, 1.54) is 13.0 Å². The number of fused-ring (bicyclic) bond motifs is 1. The molecule has 0 aliphatic heterocycles. The molecule has 0 aliphatic carbocycles. The predicted octanol–water partition coefficient (Wildman–Crippen LogP) is 5.76. The summed E-state index contributed by atoms with van der Waals surface area (Å²) >= 11 is 0. The molecule has 4 nitrogen and oxygen atoms in total. The zero-order chi connectivity index (χ0) is 20.6. The van der Waals surface area contributed by atoms with Crippen LogP contribution in [0.2, 0.25) is 0 Å². The number of aromatic nitrogens is 2. The van der Waals surface area contributed by atoms with Crippen LogP contribution in [-0.4, -0.2) is 17.1 Å². The third-order valence-electron chi connectivity index (χ3n) is 4.82. The SMILES string of the molecule is COc1cc2nc(C)nc(N[C@H](C)c3cccc(C(F)(F)F)c3C)c2cc1C. The van der Waals surface area contributed by atoms with Crippen LogP contribution >= 0.6 is 0 Å². The van der Waals surface area contributed by atoms with Gasteiger partial charge in [0.2, 0.25) is 0 Å². The van der Waals surface area contributed by atoms with Crippen LogP contribution in [0.25, 0.3) is 10.9 Å². The van der Waals surface area contributed by atoms with Crippen LogP contribution < -0.4 is 10.1 Å². The molecule has 0 amide bonds. The summed E-state index contributed by atoms with van der Waals surface area (Å²) in [6.45, 7) is 7.01. The highest BCUT2D eigenvalue weighted by atomic mass is 19.4. The fourth-order valence-corrected chi connectivity index (χ4v) is 3.42. The highest BCUT2D eigenvalue weighted by molar-refractivity contribution is 5.91. The van der Waals surface area contributed by atoms with Crippen molar-refractivity contribution in [3.63, 3.8) is 0 Å². The summed E-state index contributed by atoms with van der Waals surface area (Å²) in [7, 11) is 1.60. The largest absolute Gasteiger partial charge is 0.496 e. The van der Waals surface area contributed by atoms with E-state index >= 15 is 0 Å². The third-order valence-corrected chi connectivity index (χ3v) is 4.82. The van der Waals surface area contributed by atoms with E-state index in [1.807, 2.05) is 26.0 Å². The fourth-order valence-electron chi connectivity index (χ4n) is 3.42. The lowest BCUT2D eigenvalue weighted by Crippen LogP contribution is -2.14. The van der Waals surface area contributed by atoms with Crippen LogP contribution in [0.15, 0.2) is 30.3 Å². The van der Waals surface area contributed by atoms with Crippen LogP contribution in [0, 0.1) is 20.8 Å². The molecule has 3 rings (SSSR count). The molecule has 3 aromatic rings. The Labute approximate surface area is 161 Å². The fraction of sp³-hybridized carbons (Fsp3) is 0.333. The molecule has 0 unspecified atom stereocenters. The highest BCUT2D eigenvalue weighted by Gasteiger charge is 2.33. The Morgan fingerprint density at radius 1 is 1.07 bits per heavy atom. The second kappa shape index (κ2) is 7.30. The van der Waals surface area contributed by atoms with E-state index < -0.39 is 11.7 Å². The molecule has 1 atom stereocenters. The van der Waals surface area contributed by atoms with E-state index in [4.69, 9.17) is 4.74 Å². The number of halogens is 3. The van der Waals surface area contributed by atoms with Crippen LogP contribution in [-0.2, 0) is 6.18 Å². The van der Waals surface area contributed by atoms with Crippen molar-refractivity contribution < 1.29 is 17.9 Å². The highest BCUT2D eigenvalue weighted by Crippen LogP contribution is 2.36. The number of aryl methyl sites for hydroxylation is 2. The average Bonchev–Trinajstić information content (AvgIpc) is 2.60. The molecule has 0 saturated heterocycles. The molecule has 28 heavy (non-hydrogen) atoms. The third kappa shape index (κ3) is 3.74. The molecule has 1 aromatic heterocycles. The molecule has 148 valence electrons. The number of hydrogen-bond acceptors (Lipinski definition) is 4. The number of nitrogens with zero attached hydrogens (tertiary/aromatic N) is 2. The van der Waals surface area contributed by atoms with Gasteiger partial charge in [-0.25, -0.2) is 9.97 Å². The Hall–Kier alpha value is -2.83. The molecule has 0 bridgehead atoms. The summed E-state index contributed by atoms with van der Waals surface area (Å²) in [5.41, 5.74) is 1.80. The van der Waals surface area contributed by atoms with Crippen LogP contribution in [0.3, 0.4) is 0 Å². The smallest absolute Gasteiger partial charge is 0.416 e. The van der Waals surface area contributed by atoms with Gasteiger partial charge in [-0.3, -0.25) is 0 Å². The van der Waals surface area contributed by atoms with Gasteiger partial charge in [0, 0.05) is 11.5 Å². The summed E-state index contributed by atoms with van der Waals surface area (Å²) in [5.74, 6) is 1.87. The zero-order valence-corrected chi connectivity index (χ0v) is 16.4. The first-order valence-electron chi connectivity index (χ1n) is 8.88. The van der Waals surface area contributed by atoms with Gasteiger partial charge in [-0.1, -0.05) is 12.1 Å². The van der Waals surface area contributed by atoms with E-state index in [-0.39, 0.29) is 11.6 Å². The Kier molecular flexibility index (Phi) is 5.19. The van der Waals surface area contributed by atoms with E-state index in [0.717, 1.165) is 22.8 Å². The first kappa shape index (κ1) is 19.9. The minimum atomic E-state index is -4.38. The summed E-state index contributed by atoms with van der Waals surface area (Å²) in [4.78, 5) is 8.93. The quantitative estimate of drug-likeness (QED) is 0.617. The lowest BCUT2D eigenvalue weighted by atomic mass is 9.97. The second-order valence-electron chi connectivity index (χ2n) is 6.84. The van der Waals surface area contributed by atoms with E-state index in [2.05, 4.69) is 15.3 Å².